The smallest absolute Gasteiger partial charge is 0.326 e. The van der Waals surface area contributed by atoms with Crippen molar-refractivity contribution in [3.05, 3.63) is 75.3 Å². The van der Waals surface area contributed by atoms with Crippen molar-refractivity contribution in [2.24, 2.45) is 0 Å². The number of Topliss-reactive ketones (excluding diaryl/α,β-unsaturated/α-hetero) is 1. The summed E-state index contributed by atoms with van der Waals surface area (Å²) in [6.07, 6.45) is -0.873. The molecule has 148 valence electrons. The van der Waals surface area contributed by atoms with Crippen LogP contribution in [0.2, 0.25) is 0 Å². The highest BCUT2D eigenvalue weighted by atomic mass is 16.6. The second-order valence-corrected chi connectivity index (χ2v) is 6.27. The molecule has 0 saturated heterocycles. The Labute approximate surface area is 165 Å². The van der Waals surface area contributed by atoms with Crippen LogP contribution >= 0.6 is 0 Å². The highest BCUT2D eigenvalue weighted by Gasteiger charge is 2.42. The van der Waals surface area contributed by atoms with E-state index in [1.54, 1.807) is 37.3 Å². The van der Waals surface area contributed by atoms with Gasteiger partial charge in [-0.05, 0) is 12.5 Å². The van der Waals surface area contributed by atoms with Gasteiger partial charge in [0.25, 0.3) is 17.5 Å². The topological polar surface area (TPSA) is 124 Å². The lowest BCUT2D eigenvalue weighted by molar-refractivity contribution is -0.385. The molecule has 0 bridgehead atoms. The number of hydrogen-bond donors (Lipinski definition) is 0. The van der Waals surface area contributed by atoms with Gasteiger partial charge in [-0.25, -0.2) is 0 Å². The molecule has 3 rings (SSSR count). The molecule has 9 nitrogen and oxygen atoms in total. The van der Waals surface area contributed by atoms with Crippen LogP contribution in [0.5, 0.6) is 0 Å². The zero-order valence-electron chi connectivity index (χ0n) is 15.4. The number of nitrogens with zero attached hydrogens (tertiary/aromatic N) is 2. The molecular weight excluding hydrogens is 380 g/mol. The van der Waals surface area contributed by atoms with E-state index in [1.165, 1.54) is 12.1 Å². The number of nitro benzene ring substituents is 1. The Morgan fingerprint density at radius 2 is 1.76 bits per heavy atom. The molecule has 1 atom stereocenters. The van der Waals surface area contributed by atoms with Crippen molar-refractivity contribution in [2.75, 3.05) is 6.54 Å². The first-order valence-corrected chi connectivity index (χ1v) is 8.77. The molecule has 0 saturated carbocycles. The quantitative estimate of drug-likeness (QED) is 0.231. The highest BCUT2D eigenvalue weighted by Crippen LogP contribution is 2.30. The van der Waals surface area contributed by atoms with Crippen molar-refractivity contribution in [3.63, 3.8) is 0 Å². The average molecular weight is 396 g/mol. The van der Waals surface area contributed by atoms with Crippen LogP contribution in [0.4, 0.5) is 5.69 Å². The lowest BCUT2D eigenvalue weighted by Gasteiger charge is -2.18. The number of hydrogen-bond acceptors (Lipinski definition) is 7. The largest absolute Gasteiger partial charge is 0.453 e. The van der Waals surface area contributed by atoms with E-state index < -0.39 is 46.8 Å². The summed E-state index contributed by atoms with van der Waals surface area (Å²) >= 11 is 0. The summed E-state index contributed by atoms with van der Waals surface area (Å²) in [5.74, 6) is -3.14. The summed E-state index contributed by atoms with van der Waals surface area (Å²) in [6.45, 7) is 0.909. The van der Waals surface area contributed by atoms with Crippen LogP contribution in [0.15, 0.2) is 48.5 Å². The summed E-state index contributed by atoms with van der Waals surface area (Å²) in [5.41, 5.74) is -0.655. The summed E-state index contributed by atoms with van der Waals surface area (Å²) in [4.78, 5) is 60.7. The Bertz CT molecular complexity index is 1020. The summed E-state index contributed by atoms with van der Waals surface area (Å²) < 4.78 is 5.18. The molecule has 0 unspecified atom stereocenters. The number of fused-ring (bicyclic) bond motifs is 1. The maximum Gasteiger partial charge on any atom is 0.326 e. The molecule has 0 spiro atoms. The lowest BCUT2D eigenvalue weighted by Crippen LogP contribution is -2.38. The highest BCUT2D eigenvalue weighted by molar-refractivity contribution is 6.24. The number of carbonyl (C=O) groups excluding carboxylic acids is 4. The Morgan fingerprint density at radius 3 is 2.38 bits per heavy atom. The number of ketones is 1. The number of amides is 2. The molecule has 0 aromatic heterocycles. The Morgan fingerprint density at radius 1 is 1.07 bits per heavy atom. The third-order valence-electron chi connectivity index (χ3n) is 4.46. The molecule has 0 fully saturated rings. The Kier molecular flexibility index (Phi) is 5.49. The van der Waals surface area contributed by atoms with E-state index in [4.69, 9.17) is 4.74 Å². The van der Waals surface area contributed by atoms with Crippen LogP contribution in [0.25, 0.3) is 0 Å². The van der Waals surface area contributed by atoms with E-state index in [0.29, 0.717) is 10.5 Å². The molecule has 0 N–H and O–H groups in total. The molecule has 1 aliphatic heterocycles. The molecule has 0 aliphatic carbocycles. The second-order valence-electron chi connectivity index (χ2n) is 6.27. The van der Waals surface area contributed by atoms with Gasteiger partial charge in [-0.3, -0.25) is 34.2 Å². The van der Waals surface area contributed by atoms with E-state index in [-0.39, 0.29) is 17.5 Å². The SMILES string of the molecule is CC[C@@H](OC(=O)CN1C(=O)c2cccc([N+](=O)[O-])c2C1=O)C(=O)c1ccccc1. The van der Waals surface area contributed by atoms with Gasteiger partial charge in [0.15, 0.2) is 6.10 Å². The number of carbonyl (C=O) groups is 4. The van der Waals surface area contributed by atoms with Crippen molar-refractivity contribution in [3.8, 4) is 0 Å². The third kappa shape index (κ3) is 3.75. The minimum absolute atomic E-state index is 0.149. The molecule has 29 heavy (non-hydrogen) atoms. The van der Waals surface area contributed by atoms with Gasteiger partial charge in [-0.2, -0.15) is 0 Å². The van der Waals surface area contributed by atoms with Crippen molar-refractivity contribution >= 4 is 29.3 Å². The number of esters is 1. The Balaban J connectivity index is 1.75. The first kappa shape index (κ1) is 19.9. The number of ether oxygens (including phenoxy) is 1. The molecule has 1 aliphatic rings. The van der Waals surface area contributed by atoms with E-state index in [0.717, 1.165) is 6.07 Å². The van der Waals surface area contributed by atoms with Crippen LogP contribution in [0.1, 0.15) is 44.4 Å². The van der Waals surface area contributed by atoms with Gasteiger partial charge in [-0.1, -0.05) is 43.3 Å². The van der Waals surface area contributed by atoms with Gasteiger partial charge in [0, 0.05) is 11.6 Å². The van der Waals surface area contributed by atoms with Crippen molar-refractivity contribution in [2.45, 2.75) is 19.4 Å². The zero-order chi connectivity index (χ0) is 21.1. The van der Waals surface area contributed by atoms with Crippen molar-refractivity contribution < 1.29 is 28.8 Å². The van der Waals surface area contributed by atoms with Crippen LogP contribution in [0.3, 0.4) is 0 Å². The molecular formula is C20H16N2O7. The monoisotopic (exact) mass is 396 g/mol. The number of nitro groups is 1. The van der Waals surface area contributed by atoms with Crippen LogP contribution in [-0.4, -0.2) is 46.0 Å². The standard InChI is InChI=1S/C20H16N2O7/c1-2-15(18(24)12-7-4-3-5-8-12)29-16(23)11-21-19(25)13-9-6-10-14(22(27)28)17(13)20(21)26/h3-10,15H,2,11H2,1H3/t15-/m1/s1. The second kappa shape index (κ2) is 8.01. The molecule has 0 radical (unpaired) electrons. The number of rotatable bonds is 7. The normalized spacial score (nSPS) is 13.8. The maximum absolute atomic E-state index is 12.5. The van der Waals surface area contributed by atoms with Gasteiger partial charge in [0.2, 0.25) is 5.78 Å². The van der Waals surface area contributed by atoms with E-state index in [1.807, 2.05) is 0 Å². The summed E-state index contributed by atoms with van der Waals surface area (Å²) in [7, 11) is 0. The molecule has 1 heterocycles. The lowest BCUT2D eigenvalue weighted by atomic mass is 10.0. The van der Waals surface area contributed by atoms with E-state index >= 15 is 0 Å². The maximum atomic E-state index is 12.5. The minimum Gasteiger partial charge on any atom is -0.453 e. The fourth-order valence-electron chi connectivity index (χ4n) is 3.05. The van der Waals surface area contributed by atoms with Gasteiger partial charge in [-0.15, -0.1) is 0 Å². The van der Waals surface area contributed by atoms with E-state index in [2.05, 4.69) is 0 Å². The molecule has 9 heteroatoms. The van der Waals surface area contributed by atoms with Crippen LogP contribution in [-0.2, 0) is 9.53 Å². The predicted octanol–water partition coefficient (Wildman–Crippen LogP) is 2.40. The summed E-state index contributed by atoms with van der Waals surface area (Å²) in [6, 6.07) is 11.9. The average Bonchev–Trinajstić information content (AvgIpc) is 2.97. The molecule has 2 amide bonds. The van der Waals surface area contributed by atoms with Gasteiger partial charge in [0.1, 0.15) is 12.1 Å². The predicted molar refractivity (Wildman–Crippen MR) is 99.4 cm³/mol. The first-order valence-electron chi connectivity index (χ1n) is 8.77. The molecule has 2 aromatic rings. The molecule has 2 aromatic carbocycles. The van der Waals surface area contributed by atoms with Gasteiger partial charge in [0.05, 0.1) is 10.5 Å². The van der Waals surface area contributed by atoms with Crippen molar-refractivity contribution in [1.29, 1.82) is 0 Å². The summed E-state index contributed by atoms with van der Waals surface area (Å²) in [5, 5.41) is 11.1. The zero-order valence-corrected chi connectivity index (χ0v) is 15.4. The number of imide groups is 1. The van der Waals surface area contributed by atoms with Crippen molar-refractivity contribution in [1.82, 2.24) is 4.90 Å². The van der Waals surface area contributed by atoms with E-state index in [9.17, 15) is 29.3 Å². The fraction of sp³-hybridized carbons (Fsp3) is 0.200. The van der Waals surface area contributed by atoms with Gasteiger partial charge < -0.3 is 4.74 Å². The first-order chi connectivity index (χ1) is 13.8. The van der Waals surface area contributed by atoms with Crippen LogP contribution < -0.4 is 0 Å². The number of benzene rings is 2. The fourth-order valence-corrected chi connectivity index (χ4v) is 3.05. The van der Waals surface area contributed by atoms with Gasteiger partial charge >= 0.3 is 5.97 Å². The third-order valence-corrected chi connectivity index (χ3v) is 4.46. The Hall–Kier alpha value is -3.88. The van der Waals surface area contributed by atoms with Crippen LogP contribution in [0, 0.1) is 10.1 Å². The minimum atomic E-state index is -1.07.